The normalized spacial score (nSPS) is 10.7. The van der Waals surface area contributed by atoms with Crippen molar-refractivity contribution in [1.82, 2.24) is 20.2 Å². The Morgan fingerprint density at radius 1 is 1.12 bits per heavy atom. The van der Waals surface area contributed by atoms with Crippen molar-refractivity contribution in [2.75, 3.05) is 5.32 Å². The minimum absolute atomic E-state index is 0.545. The van der Waals surface area contributed by atoms with E-state index in [0.717, 1.165) is 40.7 Å². The van der Waals surface area contributed by atoms with Gasteiger partial charge in [0.05, 0.1) is 4.47 Å². The average molecular weight is 416 g/mol. The van der Waals surface area contributed by atoms with Crippen molar-refractivity contribution in [2.45, 2.75) is 39.5 Å². The highest BCUT2D eigenvalue weighted by Crippen LogP contribution is 2.27. The molecule has 0 atom stereocenters. The lowest BCUT2D eigenvalue weighted by molar-refractivity contribution is 0.304. The first-order chi connectivity index (χ1) is 12.8. The van der Waals surface area contributed by atoms with Crippen molar-refractivity contribution in [2.24, 2.45) is 0 Å². The van der Waals surface area contributed by atoms with Gasteiger partial charge in [-0.1, -0.05) is 54.8 Å². The van der Waals surface area contributed by atoms with Crippen molar-refractivity contribution < 1.29 is 4.74 Å². The summed E-state index contributed by atoms with van der Waals surface area (Å²) in [7, 11) is 0. The van der Waals surface area contributed by atoms with Gasteiger partial charge in [-0.3, -0.25) is 0 Å². The molecule has 0 saturated carbocycles. The molecule has 0 amide bonds. The molecule has 1 aromatic heterocycles. The summed E-state index contributed by atoms with van der Waals surface area (Å²) in [4.78, 5) is 0. The predicted molar refractivity (Wildman–Crippen MR) is 105 cm³/mol. The second kappa shape index (κ2) is 9.33. The van der Waals surface area contributed by atoms with Crippen LogP contribution < -0.4 is 10.1 Å². The first kappa shape index (κ1) is 18.4. The quantitative estimate of drug-likeness (QED) is 0.559. The lowest BCUT2D eigenvalue weighted by Crippen LogP contribution is -2.09. The molecule has 3 rings (SSSR count). The molecular weight excluding hydrogens is 394 g/mol. The molecule has 3 aromatic rings. The second-order valence-corrected chi connectivity index (χ2v) is 6.83. The Labute approximate surface area is 161 Å². The number of aromatic nitrogens is 4. The van der Waals surface area contributed by atoms with E-state index in [0.29, 0.717) is 19.1 Å². The van der Waals surface area contributed by atoms with Crippen LogP contribution in [0.2, 0.25) is 0 Å². The van der Waals surface area contributed by atoms with Crippen LogP contribution in [0.25, 0.3) is 0 Å². The number of halogens is 1. The molecule has 26 heavy (non-hydrogen) atoms. The number of hydrogen-bond acceptors (Lipinski definition) is 5. The number of tetrazole rings is 1. The third kappa shape index (κ3) is 5.05. The number of hydrogen-bond donors (Lipinski definition) is 1. The number of rotatable bonds is 9. The van der Waals surface area contributed by atoms with Gasteiger partial charge in [0.25, 0.3) is 0 Å². The summed E-state index contributed by atoms with van der Waals surface area (Å²) >= 11 is 3.59. The van der Waals surface area contributed by atoms with E-state index in [4.69, 9.17) is 4.74 Å². The van der Waals surface area contributed by atoms with E-state index in [2.05, 4.69) is 55.8 Å². The third-order valence-corrected chi connectivity index (χ3v) is 4.56. The molecule has 0 radical (unpaired) electrons. The number of nitrogens with one attached hydrogen (secondary N) is 1. The van der Waals surface area contributed by atoms with E-state index in [9.17, 15) is 0 Å². The first-order valence-electron chi connectivity index (χ1n) is 8.71. The Balaban J connectivity index is 1.57. The number of ether oxygens (including phenoxy) is 1. The predicted octanol–water partition coefficient (Wildman–Crippen LogP) is 4.43. The molecule has 0 spiro atoms. The van der Waals surface area contributed by atoms with Gasteiger partial charge in [-0.05, 0) is 56.0 Å². The van der Waals surface area contributed by atoms with Crippen molar-refractivity contribution in [3.8, 4) is 5.75 Å². The van der Waals surface area contributed by atoms with Gasteiger partial charge in [-0.15, -0.1) is 0 Å². The van der Waals surface area contributed by atoms with Crippen LogP contribution in [0.5, 0.6) is 5.75 Å². The molecule has 7 heteroatoms. The molecule has 0 aliphatic rings. The van der Waals surface area contributed by atoms with Crippen LogP contribution in [0.1, 0.15) is 30.9 Å². The summed E-state index contributed by atoms with van der Waals surface area (Å²) in [6.45, 7) is 4.16. The molecule has 0 aliphatic carbocycles. The van der Waals surface area contributed by atoms with Crippen molar-refractivity contribution in [1.29, 1.82) is 0 Å². The zero-order valence-electron chi connectivity index (χ0n) is 14.7. The standard InChI is InChI=1S/C19H22BrN5O/c1-2-3-11-25-19(22-23-24-25)21-13-16-9-10-18(17(20)12-16)26-14-15-7-5-4-6-8-15/h4-10,12H,2-3,11,13-14H2,1H3,(H,21,22,24). The minimum atomic E-state index is 0.545. The van der Waals surface area contributed by atoms with Crippen LogP contribution in [-0.2, 0) is 19.7 Å². The topological polar surface area (TPSA) is 64.9 Å². The van der Waals surface area contributed by atoms with E-state index in [1.165, 1.54) is 0 Å². The Morgan fingerprint density at radius 2 is 1.96 bits per heavy atom. The number of anilines is 1. The van der Waals surface area contributed by atoms with Crippen molar-refractivity contribution in [3.05, 3.63) is 64.1 Å². The molecule has 136 valence electrons. The largest absolute Gasteiger partial charge is 0.488 e. The van der Waals surface area contributed by atoms with E-state index in [-0.39, 0.29) is 0 Å². The smallest absolute Gasteiger partial charge is 0.243 e. The fourth-order valence-corrected chi connectivity index (χ4v) is 3.02. The van der Waals surface area contributed by atoms with Crippen molar-refractivity contribution in [3.63, 3.8) is 0 Å². The van der Waals surface area contributed by atoms with E-state index in [1.807, 2.05) is 36.4 Å². The van der Waals surface area contributed by atoms with Crippen LogP contribution in [0.15, 0.2) is 53.0 Å². The fourth-order valence-electron chi connectivity index (χ4n) is 2.48. The van der Waals surface area contributed by atoms with Gasteiger partial charge < -0.3 is 10.1 Å². The van der Waals surface area contributed by atoms with Gasteiger partial charge in [0.1, 0.15) is 12.4 Å². The Morgan fingerprint density at radius 3 is 2.73 bits per heavy atom. The molecule has 0 aliphatic heterocycles. The average Bonchev–Trinajstić information content (AvgIpc) is 3.12. The number of aryl methyl sites for hydroxylation is 1. The highest BCUT2D eigenvalue weighted by Gasteiger charge is 2.07. The molecule has 0 saturated heterocycles. The second-order valence-electron chi connectivity index (χ2n) is 5.97. The third-order valence-electron chi connectivity index (χ3n) is 3.94. The van der Waals surface area contributed by atoms with Crippen LogP contribution in [0.4, 0.5) is 5.95 Å². The maximum Gasteiger partial charge on any atom is 0.243 e. The SMILES string of the molecule is CCCCn1nnnc1NCc1ccc(OCc2ccccc2)c(Br)c1. The number of unbranched alkanes of at least 4 members (excludes halogenated alkanes) is 1. The zero-order chi connectivity index (χ0) is 18.2. The molecule has 1 N–H and O–H groups in total. The summed E-state index contributed by atoms with van der Waals surface area (Å²) in [6, 6.07) is 16.2. The summed E-state index contributed by atoms with van der Waals surface area (Å²) in [5, 5.41) is 15.1. The highest BCUT2D eigenvalue weighted by atomic mass is 79.9. The van der Waals surface area contributed by atoms with Gasteiger partial charge in [-0.2, -0.15) is 0 Å². The minimum Gasteiger partial charge on any atom is -0.488 e. The van der Waals surface area contributed by atoms with Gasteiger partial charge in [0.2, 0.25) is 5.95 Å². The molecule has 6 nitrogen and oxygen atoms in total. The van der Waals surface area contributed by atoms with Gasteiger partial charge >= 0.3 is 0 Å². The lowest BCUT2D eigenvalue weighted by atomic mass is 10.2. The lowest BCUT2D eigenvalue weighted by Gasteiger charge is -2.11. The van der Waals surface area contributed by atoms with Crippen LogP contribution in [-0.4, -0.2) is 20.2 Å². The summed E-state index contributed by atoms with van der Waals surface area (Å²) in [6.07, 6.45) is 2.16. The molecule has 2 aromatic carbocycles. The maximum absolute atomic E-state index is 5.89. The van der Waals surface area contributed by atoms with Crippen LogP contribution in [0.3, 0.4) is 0 Å². The fraction of sp³-hybridized carbons (Fsp3) is 0.316. The molecular formula is C19H22BrN5O. The first-order valence-corrected chi connectivity index (χ1v) is 9.50. The molecule has 1 heterocycles. The molecule has 0 bridgehead atoms. The van der Waals surface area contributed by atoms with Gasteiger partial charge in [-0.25, -0.2) is 4.68 Å². The van der Waals surface area contributed by atoms with Gasteiger partial charge in [0.15, 0.2) is 0 Å². The van der Waals surface area contributed by atoms with E-state index >= 15 is 0 Å². The summed E-state index contributed by atoms with van der Waals surface area (Å²) in [5.41, 5.74) is 2.26. The summed E-state index contributed by atoms with van der Waals surface area (Å²) < 4.78 is 8.62. The number of nitrogens with zero attached hydrogens (tertiary/aromatic N) is 4. The highest BCUT2D eigenvalue weighted by molar-refractivity contribution is 9.10. The summed E-state index contributed by atoms with van der Waals surface area (Å²) in [5.74, 6) is 1.52. The number of benzene rings is 2. The molecule has 0 unspecified atom stereocenters. The zero-order valence-corrected chi connectivity index (χ0v) is 16.3. The van der Waals surface area contributed by atoms with Crippen LogP contribution in [0, 0.1) is 0 Å². The van der Waals surface area contributed by atoms with Gasteiger partial charge in [0, 0.05) is 13.1 Å². The Kier molecular flexibility index (Phi) is 6.60. The van der Waals surface area contributed by atoms with Crippen LogP contribution >= 0.6 is 15.9 Å². The van der Waals surface area contributed by atoms with E-state index < -0.39 is 0 Å². The van der Waals surface area contributed by atoms with Crippen molar-refractivity contribution >= 4 is 21.9 Å². The Bertz CT molecular complexity index is 822. The Hall–Kier alpha value is -2.41. The monoisotopic (exact) mass is 415 g/mol. The molecule has 0 fully saturated rings. The van der Waals surface area contributed by atoms with E-state index in [1.54, 1.807) is 4.68 Å². The maximum atomic E-state index is 5.89.